The number of aliphatic hydroxyl groups excluding tert-OH is 4. The van der Waals surface area contributed by atoms with Gasteiger partial charge < -0.3 is 25.2 Å². The third kappa shape index (κ3) is 1.45. The summed E-state index contributed by atoms with van der Waals surface area (Å²) in [5, 5.41) is 35.4. The van der Waals surface area contributed by atoms with Gasteiger partial charge in [0, 0.05) is 0 Å². The molecule has 0 radical (unpaired) electrons. The topological polar surface area (TPSA) is 90.2 Å². The van der Waals surface area contributed by atoms with Gasteiger partial charge in [0.25, 0.3) is 0 Å². The van der Waals surface area contributed by atoms with Crippen molar-refractivity contribution < 1.29 is 25.2 Å². The zero-order valence-corrected chi connectivity index (χ0v) is 5.71. The molecule has 2 unspecified atom stereocenters. The molecule has 11 heavy (non-hydrogen) atoms. The van der Waals surface area contributed by atoms with Gasteiger partial charge in [0.1, 0.15) is 24.6 Å². The first-order chi connectivity index (χ1) is 5.16. The minimum absolute atomic E-state index is 0.401. The molecular formula is C6H10O5. The molecule has 1 rings (SSSR count). The smallest absolute Gasteiger partial charge is 0.158 e. The molecule has 0 saturated carbocycles. The molecule has 0 aromatic carbocycles. The van der Waals surface area contributed by atoms with Gasteiger partial charge in [-0.1, -0.05) is 0 Å². The summed E-state index contributed by atoms with van der Waals surface area (Å²) in [6.07, 6.45) is -2.58. The van der Waals surface area contributed by atoms with Gasteiger partial charge in [0.2, 0.25) is 0 Å². The van der Waals surface area contributed by atoms with E-state index in [2.05, 4.69) is 4.74 Å². The molecule has 0 aromatic heterocycles. The van der Waals surface area contributed by atoms with Crippen molar-refractivity contribution in [2.75, 3.05) is 6.61 Å². The van der Waals surface area contributed by atoms with Crippen LogP contribution >= 0.6 is 0 Å². The van der Waals surface area contributed by atoms with Gasteiger partial charge in [-0.05, 0) is 0 Å². The highest BCUT2D eigenvalue weighted by atomic mass is 16.5. The van der Waals surface area contributed by atoms with Crippen molar-refractivity contribution in [3.63, 3.8) is 0 Å². The average Bonchev–Trinajstić information content (AvgIpc) is 2.01. The molecule has 0 aromatic rings. The van der Waals surface area contributed by atoms with Crippen molar-refractivity contribution in [3.8, 4) is 0 Å². The average molecular weight is 162 g/mol. The van der Waals surface area contributed by atoms with Crippen LogP contribution in [0.3, 0.4) is 0 Å². The van der Waals surface area contributed by atoms with E-state index in [9.17, 15) is 0 Å². The van der Waals surface area contributed by atoms with Crippen molar-refractivity contribution in [3.05, 3.63) is 12.0 Å². The van der Waals surface area contributed by atoms with Crippen LogP contribution < -0.4 is 0 Å². The van der Waals surface area contributed by atoms with Crippen LogP contribution in [0, 0.1) is 0 Å². The Morgan fingerprint density at radius 1 is 1.45 bits per heavy atom. The maximum atomic E-state index is 9.07. The summed E-state index contributed by atoms with van der Waals surface area (Å²) >= 11 is 0. The fourth-order valence-electron chi connectivity index (χ4n) is 0.837. The zero-order chi connectivity index (χ0) is 8.43. The van der Waals surface area contributed by atoms with E-state index in [1.54, 1.807) is 0 Å². The quantitative estimate of drug-likeness (QED) is 0.376. The molecule has 0 amide bonds. The van der Waals surface area contributed by atoms with Gasteiger partial charge in [-0.25, -0.2) is 0 Å². The van der Waals surface area contributed by atoms with Crippen LogP contribution in [0.15, 0.2) is 12.0 Å². The van der Waals surface area contributed by atoms with Crippen molar-refractivity contribution in [2.24, 2.45) is 0 Å². The van der Waals surface area contributed by atoms with E-state index in [1.165, 1.54) is 0 Å². The summed E-state index contributed by atoms with van der Waals surface area (Å²) in [5.41, 5.74) is 0. The Bertz CT molecular complexity index is 166. The van der Waals surface area contributed by atoms with Crippen LogP contribution in [0.2, 0.25) is 0 Å². The van der Waals surface area contributed by atoms with Crippen molar-refractivity contribution in [2.45, 2.75) is 18.3 Å². The Morgan fingerprint density at radius 2 is 2.09 bits per heavy atom. The van der Waals surface area contributed by atoms with Gasteiger partial charge in [-0.2, -0.15) is 0 Å². The molecule has 5 heteroatoms. The Hall–Kier alpha value is -0.780. The second kappa shape index (κ2) is 3.08. The summed E-state index contributed by atoms with van der Waals surface area (Å²) in [5.74, 6) is -0.429. The van der Waals surface area contributed by atoms with Gasteiger partial charge in [-0.15, -0.1) is 0 Å². The van der Waals surface area contributed by atoms with Gasteiger partial charge in [-0.3, -0.25) is 0 Å². The van der Waals surface area contributed by atoms with Crippen LogP contribution in [0.4, 0.5) is 0 Å². The standard InChI is InChI=1S/C6H10O5/c7-1-4-6(10)5(9)3(8)2-11-4/h2,4-10H,1H2/t4?,5?,6-/m0/s1. The highest BCUT2D eigenvalue weighted by Gasteiger charge is 2.33. The summed E-state index contributed by atoms with van der Waals surface area (Å²) in [7, 11) is 0. The van der Waals surface area contributed by atoms with E-state index >= 15 is 0 Å². The molecule has 1 heterocycles. The number of ether oxygens (including phenoxy) is 1. The van der Waals surface area contributed by atoms with Gasteiger partial charge in [0.15, 0.2) is 5.76 Å². The first-order valence-electron chi connectivity index (χ1n) is 3.18. The van der Waals surface area contributed by atoms with Crippen LogP contribution in [0.1, 0.15) is 0 Å². The Labute approximate surface area is 63.2 Å². The third-order valence-electron chi connectivity index (χ3n) is 1.55. The molecular weight excluding hydrogens is 152 g/mol. The maximum absolute atomic E-state index is 9.07. The second-order valence-electron chi connectivity index (χ2n) is 2.34. The van der Waals surface area contributed by atoms with Gasteiger partial charge in [0.05, 0.1) is 6.61 Å². The molecule has 3 atom stereocenters. The maximum Gasteiger partial charge on any atom is 0.158 e. The van der Waals surface area contributed by atoms with Crippen molar-refractivity contribution in [1.82, 2.24) is 0 Å². The number of hydrogen-bond acceptors (Lipinski definition) is 5. The molecule has 0 fully saturated rings. The van der Waals surface area contributed by atoms with Crippen LogP contribution in [0.25, 0.3) is 0 Å². The number of aliphatic hydroxyl groups is 4. The monoisotopic (exact) mass is 162 g/mol. The molecule has 1 aliphatic rings. The number of rotatable bonds is 1. The summed E-state index contributed by atoms with van der Waals surface area (Å²) < 4.78 is 4.65. The van der Waals surface area contributed by atoms with Crippen LogP contribution in [-0.4, -0.2) is 45.3 Å². The normalized spacial score (nSPS) is 37.7. The molecule has 64 valence electrons. The van der Waals surface area contributed by atoms with Crippen LogP contribution in [-0.2, 0) is 4.74 Å². The van der Waals surface area contributed by atoms with Crippen molar-refractivity contribution in [1.29, 1.82) is 0 Å². The van der Waals surface area contributed by atoms with Crippen molar-refractivity contribution >= 4 is 0 Å². The van der Waals surface area contributed by atoms with E-state index < -0.39 is 30.7 Å². The summed E-state index contributed by atoms with van der Waals surface area (Å²) in [6, 6.07) is 0. The lowest BCUT2D eigenvalue weighted by Gasteiger charge is -2.28. The molecule has 5 nitrogen and oxygen atoms in total. The highest BCUT2D eigenvalue weighted by molar-refractivity contribution is 5.03. The Kier molecular flexibility index (Phi) is 2.33. The SMILES string of the molecule is OCC1OC=C(O)C(O)[C@H]1O. The first-order valence-corrected chi connectivity index (χ1v) is 3.18. The molecule has 0 bridgehead atoms. The first kappa shape index (κ1) is 8.32. The molecule has 4 N–H and O–H groups in total. The predicted molar refractivity (Wildman–Crippen MR) is 34.7 cm³/mol. The Balaban J connectivity index is 2.68. The largest absolute Gasteiger partial charge is 0.506 e. The van der Waals surface area contributed by atoms with Crippen LogP contribution in [0.5, 0.6) is 0 Å². The zero-order valence-electron chi connectivity index (χ0n) is 5.71. The fraction of sp³-hybridized carbons (Fsp3) is 0.667. The van der Waals surface area contributed by atoms with E-state index in [1.807, 2.05) is 0 Å². The summed E-state index contributed by atoms with van der Waals surface area (Å²) in [4.78, 5) is 0. The Morgan fingerprint density at radius 3 is 2.64 bits per heavy atom. The molecule has 0 aliphatic carbocycles. The fourth-order valence-corrected chi connectivity index (χ4v) is 0.837. The van der Waals surface area contributed by atoms with E-state index in [4.69, 9.17) is 20.4 Å². The minimum Gasteiger partial charge on any atom is -0.506 e. The minimum atomic E-state index is -1.36. The van der Waals surface area contributed by atoms with E-state index in [0.29, 0.717) is 0 Å². The third-order valence-corrected chi connectivity index (χ3v) is 1.55. The number of hydrogen-bond donors (Lipinski definition) is 4. The summed E-state index contributed by atoms with van der Waals surface area (Å²) in [6.45, 7) is -0.401. The highest BCUT2D eigenvalue weighted by Crippen LogP contribution is 2.16. The second-order valence-corrected chi connectivity index (χ2v) is 2.34. The van der Waals surface area contributed by atoms with Gasteiger partial charge >= 0.3 is 0 Å². The molecule has 0 saturated heterocycles. The lowest BCUT2D eigenvalue weighted by molar-refractivity contribution is -0.101. The van der Waals surface area contributed by atoms with E-state index in [0.717, 1.165) is 6.26 Å². The molecule has 1 aliphatic heterocycles. The van der Waals surface area contributed by atoms with E-state index in [-0.39, 0.29) is 0 Å². The lowest BCUT2D eigenvalue weighted by atomic mass is 10.1. The lowest BCUT2D eigenvalue weighted by Crippen LogP contribution is -2.44. The molecule has 0 spiro atoms. The predicted octanol–water partition coefficient (Wildman–Crippen LogP) is -1.50.